The Hall–Kier alpha value is -0.770. The highest BCUT2D eigenvalue weighted by molar-refractivity contribution is 5.67. The van der Waals surface area contributed by atoms with Crippen LogP contribution >= 0.6 is 0 Å². The number of hydrogen-bond acceptors (Lipinski definition) is 3. The molecule has 0 bridgehead atoms. The van der Waals surface area contributed by atoms with Gasteiger partial charge >= 0.3 is 6.09 Å². The highest BCUT2D eigenvalue weighted by Gasteiger charge is 2.29. The molecule has 106 valence electrons. The van der Waals surface area contributed by atoms with Crippen molar-refractivity contribution in [1.82, 2.24) is 10.2 Å². The lowest BCUT2D eigenvalue weighted by Crippen LogP contribution is -2.40. The van der Waals surface area contributed by atoms with E-state index < -0.39 is 5.60 Å². The lowest BCUT2D eigenvalue weighted by atomic mass is 10.1. The van der Waals surface area contributed by atoms with Gasteiger partial charge in [0.25, 0.3) is 0 Å². The molecule has 1 rings (SSSR count). The van der Waals surface area contributed by atoms with E-state index in [1.165, 1.54) is 19.3 Å². The van der Waals surface area contributed by atoms with Crippen molar-refractivity contribution in [2.45, 2.75) is 58.6 Å². The van der Waals surface area contributed by atoms with Crippen LogP contribution in [0.2, 0.25) is 0 Å². The summed E-state index contributed by atoms with van der Waals surface area (Å²) >= 11 is 0. The van der Waals surface area contributed by atoms with Crippen molar-refractivity contribution < 1.29 is 9.53 Å². The Labute approximate surface area is 111 Å². The lowest BCUT2D eigenvalue weighted by Gasteiger charge is -2.25. The summed E-state index contributed by atoms with van der Waals surface area (Å²) in [7, 11) is 1.79. The molecule has 1 aliphatic rings. The SMILES string of the molecule is CCC(NCCN(C)C(=O)OC(C)(C)C)C1CC1. The molecule has 0 radical (unpaired) electrons. The van der Waals surface area contributed by atoms with Gasteiger partial charge in [-0.2, -0.15) is 0 Å². The normalized spacial score (nSPS) is 17.4. The second kappa shape index (κ2) is 6.41. The summed E-state index contributed by atoms with van der Waals surface area (Å²) < 4.78 is 5.30. The smallest absolute Gasteiger partial charge is 0.410 e. The van der Waals surface area contributed by atoms with E-state index in [-0.39, 0.29) is 6.09 Å². The summed E-state index contributed by atoms with van der Waals surface area (Å²) in [5.41, 5.74) is -0.418. The van der Waals surface area contributed by atoms with Crippen LogP contribution in [-0.2, 0) is 4.74 Å². The van der Waals surface area contributed by atoms with Gasteiger partial charge in [-0.1, -0.05) is 6.92 Å². The third-order valence-electron chi connectivity index (χ3n) is 3.19. The molecule has 1 atom stereocenters. The molecule has 1 saturated carbocycles. The molecule has 4 nitrogen and oxygen atoms in total. The number of carbonyl (C=O) groups is 1. The molecule has 0 aromatic heterocycles. The van der Waals surface area contributed by atoms with Crippen LogP contribution in [-0.4, -0.2) is 42.8 Å². The third kappa shape index (κ3) is 5.71. The summed E-state index contributed by atoms with van der Waals surface area (Å²) in [6.45, 7) is 9.40. The van der Waals surface area contributed by atoms with Crippen molar-refractivity contribution in [3.63, 3.8) is 0 Å². The number of nitrogens with one attached hydrogen (secondary N) is 1. The highest BCUT2D eigenvalue weighted by atomic mass is 16.6. The minimum atomic E-state index is -0.418. The first-order valence-corrected chi connectivity index (χ1v) is 7.01. The molecule has 0 aromatic carbocycles. The zero-order valence-electron chi connectivity index (χ0n) is 12.5. The van der Waals surface area contributed by atoms with Crippen molar-refractivity contribution >= 4 is 6.09 Å². The van der Waals surface area contributed by atoms with E-state index in [1.54, 1.807) is 11.9 Å². The van der Waals surface area contributed by atoms with Crippen LogP contribution in [0.1, 0.15) is 47.0 Å². The van der Waals surface area contributed by atoms with Crippen molar-refractivity contribution in [3.8, 4) is 0 Å². The molecule has 1 N–H and O–H groups in total. The Morgan fingerprint density at radius 3 is 2.50 bits per heavy atom. The van der Waals surface area contributed by atoms with E-state index in [9.17, 15) is 4.79 Å². The standard InChI is InChI=1S/C14H28N2O2/c1-6-12(11-7-8-11)15-9-10-16(5)13(17)18-14(2,3)4/h11-12,15H,6-10H2,1-5H3. The summed E-state index contributed by atoms with van der Waals surface area (Å²) in [5.74, 6) is 0.863. The Balaban J connectivity index is 2.19. The average molecular weight is 256 g/mol. The van der Waals surface area contributed by atoms with Gasteiger partial charge < -0.3 is 15.0 Å². The number of hydrogen-bond donors (Lipinski definition) is 1. The van der Waals surface area contributed by atoms with Gasteiger partial charge in [0, 0.05) is 26.2 Å². The Morgan fingerprint density at radius 1 is 1.44 bits per heavy atom. The summed E-state index contributed by atoms with van der Waals surface area (Å²) in [4.78, 5) is 13.4. The van der Waals surface area contributed by atoms with Crippen molar-refractivity contribution in [1.29, 1.82) is 0 Å². The van der Waals surface area contributed by atoms with Gasteiger partial charge in [0.2, 0.25) is 0 Å². The second-order valence-corrected chi connectivity index (χ2v) is 6.21. The van der Waals surface area contributed by atoms with Crippen molar-refractivity contribution in [2.24, 2.45) is 5.92 Å². The van der Waals surface area contributed by atoms with Crippen LogP contribution in [0.3, 0.4) is 0 Å². The predicted molar refractivity (Wildman–Crippen MR) is 73.7 cm³/mol. The fraction of sp³-hybridized carbons (Fsp3) is 0.929. The molecule has 0 spiro atoms. The van der Waals surface area contributed by atoms with E-state index in [1.807, 2.05) is 20.8 Å². The van der Waals surface area contributed by atoms with Gasteiger partial charge in [-0.15, -0.1) is 0 Å². The predicted octanol–water partition coefficient (Wildman–Crippen LogP) is 2.63. The lowest BCUT2D eigenvalue weighted by molar-refractivity contribution is 0.0299. The highest BCUT2D eigenvalue weighted by Crippen LogP contribution is 2.33. The second-order valence-electron chi connectivity index (χ2n) is 6.21. The number of amides is 1. The minimum absolute atomic E-state index is 0.247. The Kier molecular flexibility index (Phi) is 5.45. The van der Waals surface area contributed by atoms with Gasteiger partial charge in [0.15, 0.2) is 0 Å². The van der Waals surface area contributed by atoms with Gasteiger partial charge in [0.05, 0.1) is 0 Å². The summed E-state index contributed by atoms with van der Waals surface area (Å²) in [5, 5.41) is 3.53. The van der Waals surface area contributed by atoms with Gasteiger partial charge in [0.1, 0.15) is 5.60 Å². The van der Waals surface area contributed by atoms with E-state index in [2.05, 4.69) is 12.2 Å². The van der Waals surface area contributed by atoms with Gasteiger partial charge in [-0.3, -0.25) is 0 Å². The molecular formula is C14H28N2O2. The largest absolute Gasteiger partial charge is 0.444 e. The van der Waals surface area contributed by atoms with Gasteiger partial charge in [-0.25, -0.2) is 4.79 Å². The van der Waals surface area contributed by atoms with Crippen molar-refractivity contribution in [2.75, 3.05) is 20.1 Å². The molecule has 0 aliphatic heterocycles. The van der Waals surface area contributed by atoms with Crippen LogP contribution in [0.25, 0.3) is 0 Å². The zero-order chi connectivity index (χ0) is 13.8. The van der Waals surface area contributed by atoms with Crippen LogP contribution in [0, 0.1) is 5.92 Å². The quantitative estimate of drug-likeness (QED) is 0.794. The molecule has 0 aromatic rings. The molecule has 1 amide bonds. The maximum absolute atomic E-state index is 11.7. The molecule has 0 heterocycles. The molecule has 1 aliphatic carbocycles. The van der Waals surface area contributed by atoms with Crippen LogP contribution < -0.4 is 5.32 Å². The van der Waals surface area contributed by atoms with Gasteiger partial charge in [-0.05, 0) is 46.0 Å². The minimum Gasteiger partial charge on any atom is -0.444 e. The van der Waals surface area contributed by atoms with Crippen LogP contribution in [0.4, 0.5) is 4.79 Å². The molecule has 1 fully saturated rings. The Bertz CT molecular complexity index is 269. The van der Waals surface area contributed by atoms with E-state index in [0.29, 0.717) is 12.6 Å². The van der Waals surface area contributed by atoms with Crippen LogP contribution in [0.15, 0.2) is 0 Å². The number of ether oxygens (including phenoxy) is 1. The number of likely N-dealkylation sites (N-methyl/N-ethyl adjacent to an activating group) is 1. The first-order chi connectivity index (χ1) is 8.33. The monoisotopic (exact) mass is 256 g/mol. The molecule has 1 unspecified atom stereocenters. The molecule has 18 heavy (non-hydrogen) atoms. The third-order valence-corrected chi connectivity index (χ3v) is 3.19. The zero-order valence-corrected chi connectivity index (χ0v) is 12.5. The average Bonchev–Trinajstić information content (AvgIpc) is 3.05. The first kappa shape index (κ1) is 15.3. The number of rotatable bonds is 6. The summed E-state index contributed by atoms with van der Waals surface area (Å²) in [6.07, 6.45) is 3.63. The number of carbonyl (C=O) groups excluding carboxylic acids is 1. The summed E-state index contributed by atoms with van der Waals surface area (Å²) in [6, 6.07) is 0.622. The molecule has 0 saturated heterocycles. The molecular weight excluding hydrogens is 228 g/mol. The topological polar surface area (TPSA) is 41.6 Å². The van der Waals surface area contributed by atoms with E-state index >= 15 is 0 Å². The van der Waals surface area contributed by atoms with E-state index in [4.69, 9.17) is 4.74 Å². The molecule has 4 heteroatoms. The van der Waals surface area contributed by atoms with E-state index in [0.717, 1.165) is 12.5 Å². The number of nitrogens with zero attached hydrogens (tertiary/aromatic N) is 1. The fourth-order valence-corrected chi connectivity index (χ4v) is 1.99. The Morgan fingerprint density at radius 2 is 2.06 bits per heavy atom. The fourth-order valence-electron chi connectivity index (χ4n) is 1.99. The van der Waals surface area contributed by atoms with Crippen molar-refractivity contribution in [3.05, 3.63) is 0 Å². The maximum atomic E-state index is 11.7. The first-order valence-electron chi connectivity index (χ1n) is 7.01. The maximum Gasteiger partial charge on any atom is 0.410 e. The van der Waals surface area contributed by atoms with Crippen LogP contribution in [0.5, 0.6) is 0 Å².